The van der Waals surface area contributed by atoms with E-state index in [1.165, 1.54) is 19.8 Å². The van der Waals surface area contributed by atoms with Crippen LogP contribution in [0, 0.1) is 0 Å². The molecule has 0 unspecified atom stereocenters. The molecule has 0 saturated carbocycles. The fraction of sp³-hybridized carbons (Fsp3) is 0.467. The Morgan fingerprint density at radius 1 is 1.11 bits per heavy atom. The summed E-state index contributed by atoms with van der Waals surface area (Å²) in [6.45, 7) is 3.67. The van der Waals surface area contributed by atoms with Gasteiger partial charge in [-0.1, -0.05) is 56.1 Å². The minimum atomic E-state index is 0.0150. The van der Waals surface area contributed by atoms with Gasteiger partial charge in [-0.15, -0.1) is 0 Å². The molecule has 1 aromatic carbocycles. The number of hydrogen-bond donors (Lipinski definition) is 0. The summed E-state index contributed by atoms with van der Waals surface area (Å²) in [5.74, 6) is 0.149. The van der Waals surface area contributed by atoms with E-state index in [0.29, 0.717) is 12.0 Å². The second kappa shape index (κ2) is 8.09. The van der Waals surface area contributed by atoms with E-state index in [9.17, 15) is 9.59 Å². The molecule has 18 heavy (non-hydrogen) atoms. The molecule has 0 N–H and O–H groups in total. The number of carbonyl (C=O) groups excluding carboxylic acids is 2. The van der Waals surface area contributed by atoms with E-state index >= 15 is 0 Å². The molecule has 0 aliphatic heterocycles. The number of carbonyl (C=O) groups is 2. The lowest BCUT2D eigenvalue weighted by atomic mass is 10.0. The molecule has 0 fully saturated rings. The van der Waals surface area contributed by atoms with Gasteiger partial charge in [0, 0.05) is 23.8 Å². The Bertz CT molecular complexity index is 413. The molecule has 2 nitrogen and oxygen atoms in total. The molecule has 0 saturated heterocycles. The highest BCUT2D eigenvalue weighted by atomic mass is 32.2. The molecule has 0 aliphatic rings. The first-order chi connectivity index (χ1) is 8.65. The molecule has 3 heteroatoms. The van der Waals surface area contributed by atoms with Crippen molar-refractivity contribution in [1.82, 2.24) is 0 Å². The summed E-state index contributed by atoms with van der Waals surface area (Å²) in [4.78, 5) is 24.0. The van der Waals surface area contributed by atoms with Crippen molar-refractivity contribution in [3.63, 3.8) is 0 Å². The maximum atomic E-state index is 12.1. The van der Waals surface area contributed by atoms with Crippen LogP contribution in [0.15, 0.2) is 29.2 Å². The predicted octanol–water partition coefficient (Wildman–Crippen LogP) is 4.48. The molecule has 0 bridgehead atoms. The van der Waals surface area contributed by atoms with Crippen LogP contribution >= 0.6 is 11.8 Å². The fourth-order valence-corrected chi connectivity index (χ4v) is 2.54. The summed E-state index contributed by atoms with van der Waals surface area (Å²) in [7, 11) is 0. The number of thioether (sulfide) groups is 1. The van der Waals surface area contributed by atoms with Gasteiger partial charge in [0.05, 0.1) is 0 Å². The molecule has 0 radical (unpaired) electrons. The van der Waals surface area contributed by atoms with Gasteiger partial charge in [-0.3, -0.25) is 9.59 Å². The molecule has 98 valence electrons. The lowest BCUT2D eigenvalue weighted by molar-refractivity contribution is -0.109. The van der Waals surface area contributed by atoms with Gasteiger partial charge in [0.2, 0.25) is 0 Å². The normalized spacial score (nSPS) is 10.3. The molecule has 0 heterocycles. The zero-order chi connectivity index (χ0) is 13.4. The van der Waals surface area contributed by atoms with E-state index in [1.807, 2.05) is 24.3 Å². The first kappa shape index (κ1) is 15.0. The monoisotopic (exact) mass is 264 g/mol. The SMILES string of the molecule is CCCCCCC(=O)c1ccccc1SC(C)=O. The summed E-state index contributed by atoms with van der Waals surface area (Å²) in [6.07, 6.45) is 4.97. The summed E-state index contributed by atoms with van der Waals surface area (Å²) in [5.41, 5.74) is 0.689. The molecular weight excluding hydrogens is 244 g/mol. The Morgan fingerprint density at radius 2 is 1.83 bits per heavy atom. The van der Waals surface area contributed by atoms with E-state index < -0.39 is 0 Å². The van der Waals surface area contributed by atoms with E-state index in [1.54, 1.807) is 0 Å². The van der Waals surface area contributed by atoms with Crippen LogP contribution in [0.4, 0.5) is 0 Å². The Labute approximate surface area is 113 Å². The Kier molecular flexibility index (Phi) is 6.73. The second-order valence-electron chi connectivity index (χ2n) is 4.32. The van der Waals surface area contributed by atoms with Crippen LogP contribution in [0.1, 0.15) is 56.3 Å². The maximum absolute atomic E-state index is 12.1. The average Bonchev–Trinajstić information content (AvgIpc) is 2.34. The van der Waals surface area contributed by atoms with Gasteiger partial charge in [-0.05, 0) is 12.5 Å². The minimum Gasteiger partial charge on any atom is -0.294 e. The molecule has 0 spiro atoms. The Morgan fingerprint density at radius 3 is 2.50 bits per heavy atom. The first-order valence-corrected chi connectivity index (χ1v) is 7.27. The molecule has 1 rings (SSSR count). The van der Waals surface area contributed by atoms with Crippen LogP contribution in [0.25, 0.3) is 0 Å². The lowest BCUT2D eigenvalue weighted by Crippen LogP contribution is -2.01. The van der Waals surface area contributed by atoms with Crippen molar-refractivity contribution in [1.29, 1.82) is 0 Å². The second-order valence-corrected chi connectivity index (χ2v) is 5.54. The molecule has 1 aromatic rings. The van der Waals surface area contributed by atoms with Crippen molar-refractivity contribution in [3.05, 3.63) is 29.8 Å². The molecule has 0 aliphatic carbocycles. The average molecular weight is 264 g/mol. The Hall–Kier alpha value is -1.09. The molecular formula is C15H20O2S. The minimum absolute atomic E-state index is 0.0150. The summed E-state index contributed by atoms with van der Waals surface area (Å²) in [5, 5.41) is 0.0150. The van der Waals surface area contributed by atoms with E-state index in [4.69, 9.17) is 0 Å². The third-order valence-corrected chi connectivity index (χ3v) is 3.56. The van der Waals surface area contributed by atoms with Gasteiger partial charge in [-0.25, -0.2) is 0 Å². The van der Waals surface area contributed by atoms with Crippen molar-refractivity contribution in [3.8, 4) is 0 Å². The van der Waals surface area contributed by atoms with Crippen molar-refractivity contribution in [2.75, 3.05) is 0 Å². The number of Topliss-reactive ketones (excluding diaryl/α,β-unsaturated/α-hetero) is 1. The highest BCUT2D eigenvalue weighted by Gasteiger charge is 2.12. The summed E-state index contributed by atoms with van der Waals surface area (Å²) >= 11 is 1.14. The van der Waals surface area contributed by atoms with E-state index in [-0.39, 0.29) is 10.9 Å². The van der Waals surface area contributed by atoms with Crippen LogP contribution < -0.4 is 0 Å². The van der Waals surface area contributed by atoms with Crippen molar-refractivity contribution in [2.45, 2.75) is 50.8 Å². The molecule has 0 amide bonds. The number of unbranched alkanes of at least 4 members (excludes halogenated alkanes) is 3. The zero-order valence-corrected chi connectivity index (χ0v) is 11.9. The Balaban J connectivity index is 2.63. The molecule has 0 aromatic heterocycles. The zero-order valence-electron chi connectivity index (χ0n) is 11.1. The van der Waals surface area contributed by atoms with Crippen LogP contribution in [-0.2, 0) is 4.79 Å². The van der Waals surface area contributed by atoms with Gasteiger partial charge >= 0.3 is 0 Å². The maximum Gasteiger partial charge on any atom is 0.190 e. The first-order valence-electron chi connectivity index (χ1n) is 6.45. The third-order valence-electron chi connectivity index (χ3n) is 2.70. The van der Waals surface area contributed by atoms with Crippen LogP contribution in [0.5, 0.6) is 0 Å². The standard InChI is InChI=1S/C15H20O2S/c1-3-4-5-6-10-14(17)13-9-7-8-11-15(13)18-12(2)16/h7-9,11H,3-6,10H2,1-2H3. The van der Waals surface area contributed by atoms with Crippen molar-refractivity contribution >= 4 is 22.7 Å². The van der Waals surface area contributed by atoms with E-state index in [2.05, 4.69) is 6.92 Å². The highest BCUT2D eigenvalue weighted by Crippen LogP contribution is 2.24. The number of hydrogen-bond acceptors (Lipinski definition) is 3. The summed E-state index contributed by atoms with van der Waals surface area (Å²) < 4.78 is 0. The van der Waals surface area contributed by atoms with E-state index in [0.717, 1.165) is 29.5 Å². The smallest absolute Gasteiger partial charge is 0.190 e. The topological polar surface area (TPSA) is 34.1 Å². The summed E-state index contributed by atoms with van der Waals surface area (Å²) in [6, 6.07) is 7.36. The van der Waals surface area contributed by atoms with Gasteiger partial charge in [-0.2, -0.15) is 0 Å². The fourth-order valence-electron chi connectivity index (χ4n) is 1.79. The third kappa shape index (κ3) is 5.05. The van der Waals surface area contributed by atoms with Gasteiger partial charge in [0.15, 0.2) is 10.9 Å². The number of ketones is 1. The largest absolute Gasteiger partial charge is 0.294 e. The highest BCUT2D eigenvalue weighted by molar-refractivity contribution is 8.13. The molecule has 0 atom stereocenters. The van der Waals surface area contributed by atoms with Gasteiger partial charge in [0.25, 0.3) is 0 Å². The number of rotatable bonds is 7. The van der Waals surface area contributed by atoms with Gasteiger partial charge in [0.1, 0.15) is 0 Å². The quantitative estimate of drug-likeness (QED) is 0.414. The number of benzene rings is 1. The van der Waals surface area contributed by atoms with Crippen LogP contribution in [-0.4, -0.2) is 10.9 Å². The van der Waals surface area contributed by atoms with Gasteiger partial charge < -0.3 is 0 Å². The lowest BCUT2D eigenvalue weighted by Gasteiger charge is -2.06. The van der Waals surface area contributed by atoms with Crippen LogP contribution in [0.2, 0.25) is 0 Å². The van der Waals surface area contributed by atoms with Crippen LogP contribution in [0.3, 0.4) is 0 Å². The van der Waals surface area contributed by atoms with Crippen molar-refractivity contribution < 1.29 is 9.59 Å². The van der Waals surface area contributed by atoms with Crippen molar-refractivity contribution in [2.24, 2.45) is 0 Å². The predicted molar refractivity (Wildman–Crippen MR) is 76.1 cm³/mol.